The summed E-state index contributed by atoms with van der Waals surface area (Å²) in [6.45, 7) is 18.4. The zero-order valence-corrected chi connectivity index (χ0v) is 59.8. The van der Waals surface area contributed by atoms with Crippen LogP contribution in [-0.2, 0) is 82.9 Å². The first-order valence-corrected chi connectivity index (χ1v) is 35.9. The summed E-state index contributed by atoms with van der Waals surface area (Å²) in [5, 5.41) is 0. The average molecular weight is 1390 g/mol. The second kappa shape index (κ2) is 45.7. The van der Waals surface area contributed by atoms with Crippen molar-refractivity contribution >= 4 is 58.9 Å². The third kappa shape index (κ3) is 28.0. The number of ether oxygens (including phenoxy) is 10. The average Bonchev–Trinajstić information content (AvgIpc) is 0.770. The van der Waals surface area contributed by atoms with Gasteiger partial charge in [-0.25, -0.2) is 9.59 Å². The maximum absolute atomic E-state index is 14.8. The number of ketones is 4. The van der Waals surface area contributed by atoms with Crippen LogP contribution in [0.4, 0.5) is 0 Å². The Kier molecular flexibility index (Phi) is 37.3. The van der Waals surface area contributed by atoms with Crippen molar-refractivity contribution in [2.75, 3.05) is 66.1 Å². The predicted molar refractivity (Wildman–Crippen MR) is 378 cm³/mol. The topological polar surface area (TPSA) is 263 Å². The van der Waals surface area contributed by atoms with Crippen LogP contribution in [0.2, 0.25) is 0 Å². The molecule has 4 aromatic rings. The van der Waals surface area contributed by atoms with Crippen molar-refractivity contribution in [2.45, 2.75) is 208 Å². The largest absolute Gasteiger partial charge is 0.493 e. The van der Waals surface area contributed by atoms with Gasteiger partial charge in [0.25, 0.3) is 0 Å². The van der Waals surface area contributed by atoms with E-state index in [-0.39, 0.29) is 166 Å². The molecule has 0 radical (unpaired) electrons. The maximum atomic E-state index is 14.8. The summed E-state index contributed by atoms with van der Waals surface area (Å²) >= 11 is 0. The molecule has 20 nitrogen and oxygen atoms in total. The van der Waals surface area contributed by atoms with E-state index in [4.69, 9.17) is 47.4 Å². The Labute approximate surface area is 589 Å². The fourth-order valence-corrected chi connectivity index (χ4v) is 11.5. The Morgan fingerprint density at radius 1 is 0.300 bits per heavy atom. The van der Waals surface area contributed by atoms with Gasteiger partial charge in [-0.05, 0) is 133 Å². The molecule has 0 aliphatic heterocycles. The third-order valence-electron chi connectivity index (χ3n) is 16.5. The number of Topliss-reactive ketones (excluding diaryl/α,β-unsaturated/α-hetero) is 4. The van der Waals surface area contributed by atoms with Crippen LogP contribution < -0.4 is 18.9 Å². The van der Waals surface area contributed by atoms with Crippen LogP contribution >= 0.6 is 0 Å². The molecule has 20 heteroatoms. The number of rotatable bonds is 48. The SMILES string of the molecule is C=CC(=O)OCCCOc1c2cc(C(=O)CCCCC)cc1Cc1cc(C(=O)CCCCC)cc(c1OCCCOC(=O)CC(=O)OCC)Cc1cc(C(=O)CCCCC)cc(c1OCCCOC(=O)C=C)Cc1cc(C(=O)CCCCC)cc(c1OCCCOC(=O)CC(=O)OCC)C2. The molecular formula is C80H104O20. The monoisotopic (exact) mass is 1380 g/mol. The van der Waals surface area contributed by atoms with Gasteiger partial charge < -0.3 is 47.4 Å². The van der Waals surface area contributed by atoms with Crippen LogP contribution in [0.1, 0.15) is 269 Å². The lowest BCUT2D eigenvalue weighted by Crippen LogP contribution is -2.16. The molecule has 1 aliphatic carbocycles. The third-order valence-corrected chi connectivity index (χ3v) is 16.5. The normalized spacial score (nSPS) is 11.5. The minimum atomic E-state index is -0.775. The lowest BCUT2D eigenvalue weighted by Gasteiger charge is -2.25. The molecule has 1 aliphatic rings. The van der Waals surface area contributed by atoms with Crippen molar-refractivity contribution in [3.05, 3.63) is 141 Å². The van der Waals surface area contributed by atoms with Crippen molar-refractivity contribution in [3.63, 3.8) is 0 Å². The van der Waals surface area contributed by atoms with Crippen molar-refractivity contribution in [3.8, 4) is 23.0 Å². The molecule has 100 heavy (non-hydrogen) atoms. The van der Waals surface area contributed by atoms with Gasteiger partial charge in [0.05, 0.1) is 66.1 Å². The highest BCUT2D eigenvalue weighted by atomic mass is 16.6. The number of fused-ring (bicyclic) bond motifs is 8. The van der Waals surface area contributed by atoms with Gasteiger partial charge in [-0.1, -0.05) is 92.2 Å². The van der Waals surface area contributed by atoms with Crippen LogP contribution in [0.25, 0.3) is 0 Å². The van der Waals surface area contributed by atoms with E-state index in [0.29, 0.717) is 115 Å². The lowest BCUT2D eigenvalue weighted by molar-refractivity contribution is -0.156. The summed E-state index contributed by atoms with van der Waals surface area (Å²) in [7, 11) is 0. The number of esters is 6. The first-order chi connectivity index (χ1) is 48.4. The van der Waals surface area contributed by atoms with E-state index in [1.807, 2.05) is 0 Å². The lowest BCUT2D eigenvalue weighted by atomic mass is 9.86. The Morgan fingerprint density at radius 2 is 0.520 bits per heavy atom. The molecule has 5 rings (SSSR count). The Morgan fingerprint density at radius 3 is 0.730 bits per heavy atom. The van der Waals surface area contributed by atoms with E-state index in [2.05, 4.69) is 40.9 Å². The van der Waals surface area contributed by atoms with E-state index in [9.17, 15) is 47.9 Å². The van der Waals surface area contributed by atoms with Crippen molar-refractivity contribution < 1.29 is 95.3 Å². The van der Waals surface area contributed by atoms with E-state index in [1.54, 1.807) is 62.4 Å². The van der Waals surface area contributed by atoms with E-state index < -0.39 is 48.7 Å². The van der Waals surface area contributed by atoms with Gasteiger partial charge in [0.15, 0.2) is 23.1 Å². The first-order valence-electron chi connectivity index (χ1n) is 35.9. The summed E-state index contributed by atoms with van der Waals surface area (Å²) in [6, 6.07) is 14.4. The molecule has 0 atom stereocenters. The first kappa shape index (κ1) is 81.7. The van der Waals surface area contributed by atoms with Gasteiger partial charge in [-0.15, -0.1) is 0 Å². The van der Waals surface area contributed by atoms with Gasteiger partial charge in [0.1, 0.15) is 35.8 Å². The summed E-state index contributed by atoms with van der Waals surface area (Å²) in [5.74, 6) is -3.35. The summed E-state index contributed by atoms with van der Waals surface area (Å²) in [5.41, 5.74) is 5.65. The quantitative estimate of drug-likeness (QED) is 0.00875. The number of carbonyl (C=O) groups is 10. The molecule has 0 spiro atoms. The maximum Gasteiger partial charge on any atom is 0.330 e. The minimum Gasteiger partial charge on any atom is -0.493 e. The number of benzene rings is 4. The highest BCUT2D eigenvalue weighted by Crippen LogP contribution is 2.42. The second-order valence-corrected chi connectivity index (χ2v) is 24.7. The van der Waals surface area contributed by atoms with E-state index >= 15 is 0 Å². The fourth-order valence-electron chi connectivity index (χ4n) is 11.5. The highest BCUT2D eigenvalue weighted by Gasteiger charge is 2.28. The summed E-state index contributed by atoms with van der Waals surface area (Å²) < 4.78 is 59.4. The predicted octanol–water partition coefficient (Wildman–Crippen LogP) is 14.9. The zero-order valence-electron chi connectivity index (χ0n) is 59.8. The standard InChI is InChI=1S/C80H104O20/c1-9-17-21-29-67(81)55-41-59-49-63-45-57(69(83)31-23-19-11-3)47-65(79(63)99-39-27-35-95-75(89)53-73(87)91-15-7)51-61-43-56(68(82)30-22-18-10-2)44-62(78(61)98-38-26-34-94-72(86)14-6)52-66-48-58(70(84)32-24-20-12-4)46-64(50-60(42-55)77(59)97-37-25-33-93-71(85)13-5)80(66)100-40-28-36-96-76(90)54-74(88)92-16-8/h13-14,41-48H,5-6,9-12,15-40,49-54H2,1-4,7-8H3. The Bertz CT molecular complexity index is 3110. The fraction of sp³-hybridized carbons (Fsp3) is 0.525. The Hall–Kier alpha value is -8.94. The van der Waals surface area contributed by atoms with Gasteiger partial charge in [0.2, 0.25) is 0 Å². The molecule has 0 heterocycles. The van der Waals surface area contributed by atoms with Crippen molar-refractivity contribution in [1.82, 2.24) is 0 Å². The summed E-state index contributed by atoms with van der Waals surface area (Å²) in [4.78, 5) is 134. The van der Waals surface area contributed by atoms with Crippen molar-refractivity contribution in [1.29, 1.82) is 0 Å². The molecule has 0 saturated carbocycles. The molecule has 4 aromatic carbocycles. The molecule has 0 fully saturated rings. The zero-order chi connectivity index (χ0) is 72.6. The van der Waals surface area contributed by atoms with Gasteiger partial charge in [-0.2, -0.15) is 0 Å². The van der Waals surface area contributed by atoms with Gasteiger partial charge in [0, 0.05) is 111 Å². The molecule has 0 aromatic heterocycles. The molecule has 0 N–H and O–H groups in total. The second-order valence-electron chi connectivity index (χ2n) is 24.7. The molecule has 0 unspecified atom stereocenters. The number of carbonyl (C=O) groups excluding carboxylic acids is 10. The van der Waals surface area contributed by atoms with Gasteiger partial charge in [-0.3, -0.25) is 38.4 Å². The molecule has 544 valence electrons. The molecular weight excluding hydrogens is 1280 g/mol. The Balaban J connectivity index is 1.97. The van der Waals surface area contributed by atoms with Crippen LogP contribution in [0, 0.1) is 0 Å². The molecule has 8 bridgehead atoms. The van der Waals surface area contributed by atoms with Crippen LogP contribution in [0.3, 0.4) is 0 Å². The highest BCUT2D eigenvalue weighted by molar-refractivity contribution is 5.99. The van der Waals surface area contributed by atoms with Gasteiger partial charge >= 0.3 is 35.8 Å². The smallest absolute Gasteiger partial charge is 0.330 e. The number of hydrogen-bond acceptors (Lipinski definition) is 20. The van der Waals surface area contributed by atoms with Crippen LogP contribution in [0.5, 0.6) is 23.0 Å². The molecule has 0 saturated heterocycles. The number of unbranched alkanes of at least 4 members (excludes halogenated alkanes) is 8. The molecule has 0 amide bonds. The minimum absolute atomic E-state index is 0.00968. The van der Waals surface area contributed by atoms with Crippen molar-refractivity contribution in [2.24, 2.45) is 0 Å². The van der Waals surface area contributed by atoms with E-state index in [1.165, 1.54) is 0 Å². The van der Waals surface area contributed by atoms with Crippen LogP contribution in [0.15, 0.2) is 73.8 Å². The van der Waals surface area contributed by atoms with Crippen LogP contribution in [-0.4, -0.2) is 125 Å². The number of hydrogen-bond donors (Lipinski definition) is 0. The summed E-state index contributed by atoms with van der Waals surface area (Å²) in [6.07, 6.45) is 11.8. The van der Waals surface area contributed by atoms with E-state index in [0.717, 1.165) is 63.5 Å².